The summed E-state index contributed by atoms with van der Waals surface area (Å²) in [5, 5.41) is 7.08. The van der Waals surface area contributed by atoms with Gasteiger partial charge >= 0.3 is 0 Å². The lowest BCUT2D eigenvalue weighted by molar-refractivity contribution is 0.661. The van der Waals surface area contributed by atoms with Crippen molar-refractivity contribution in [2.75, 3.05) is 0 Å². The number of benzene rings is 8. The monoisotopic (exact) mass is 690 g/mol. The van der Waals surface area contributed by atoms with Crippen molar-refractivity contribution in [3.05, 3.63) is 181 Å². The molecule has 0 amide bonds. The minimum absolute atomic E-state index is 0.0864. The minimum atomic E-state index is -0.0864. The second-order valence-corrected chi connectivity index (χ2v) is 15.0. The first-order chi connectivity index (χ1) is 26.5. The van der Waals surface area contributed by atoms with Gasteiger partial charge in [-0.05, 0) is 97.4 Å². The van der Waals surface area contributed by atoms with Crippen molar-refractivity contribution < 1.29 is 4.42 Å². The van der Waals surface area contributed by atoms with Crippen molar-refractivity contribution in [1.29, 1.82) is 0 Å². The van der Waals surface area contributed by atoms with Crippen LogP contribution in [0, 0.1) is 0 Å². The molecule has 3 heteroatoms. The molecule has 1 aliphatic rings. The van der Waals surface area contributed by atoms with Crippen molar-refractivity contribution in [1.82, 2.24) is 9.97 Å². The van der Waals surface area contributed by atoms with Gasteiger partial charge in [-0.25, -0.2) is 9.97 Å². The minimum Gasteiger partial charge on any atom is -0.456 e. The lowest BCUT2D eigenvalue weighted by atomic mass is 9.81. The van der Waals surface area contributed by atoms with E-state index in [4.69, 9.17) is 14.4 Å². The maximum atomic E-state index is 6.18. The highest BCUT2D eigenvalue weighted by Crippen LogP contribution is 2.53. The van der Waals surface area contributed by atoms with Crippen LogP contribution in [0.4, 0.5) is 0 Å². The zero-order chi connectivity index (χ0) is 36.0. The van der Waals surface area contributed by atoms with E-state index < -0.39 is 0 Å². The Morgan fingerprint density at radius 2 is 1.09 bits per heavy atom. The molecule has 0 atom stereocenters. The molecule has 54 heavy (non-hydrogen) atoms. The van der Waals surface area contributed by atoms with Gasteiger partial charge in [-0.15, -0.1) is 0 Å². The van der Waals surface area contributed by atoms with Crippen molar-refractivity contribution in [2.24, 2.45) is 0 Å². The highest BCUT2D eigenvalue weighted by Gasteiger charge is 2.37. The number of aromatic nitrogens is 2. The van der Waals surface area contributed by atoms with Gasteiger partial charge in [0.25, 0.3) is 0 Å². The third-order valence-electron chi connectivity index (χ3n) is 11.4. The molecule has 10 aromatic rings. The summed E-state index contributed by atoms with van der Waals surface area (Å²) in [6.45, 7) is 4.71. The zero-order valence-electron chi connectivity index (χ0n) is 30.0. The van der Waals surface area contributed by atoms with Gasteiger partial charge in [0.15, 0.2) is 5.82 Å². The lowest BCUT2D eigenvalue weighted by Crippen LogP contribution is -2.14. The van der Waals surface area contributed by atoms with E-state index in [9.17, 15) is 0 Å². The first-order valence-electron chi connectivity index (χ1n) is 18.6. The highest BCUT2D eigenvalue weighted by molar-refractivity contribution is 6.10. The third kappa shape index (κ3) is 4.75. The average molecular weight is 691 g/mol. The molecular formula is C51H34N2O. The van der Waals surface area contributed by atoms with Gasteiger partial charge in [-0.3, -0.25) is 0 Å². The number of nitrogens with zero attached hydrogens (tertiary/aromatic N) is 2. The number of furan rings is 1. The van der Waals surface area contributed by atoms with E-state index in [1.807, 2.05) is 30.3 Å². The number of fused-ring (bicyclic) bond motifs is 8. The lowest BCUT2D eigenvalue weighted by Gasteiger charge is -2.22. The second-order valence-electron chi connectivity index (χ2n) is 15.0. The summed E-state index contributed by atoms with van der Waals surface area (Å²) in [4.78, 5) is 10.3. The van der Waals surface area contributed by atoms with Gasteiger partial charge < -0.3 is 4.42 Å². The normalized spacial score (nSPS) is 13.1. The molecule has 11 rings (SSSR count). The number of para-hydroxylation sites is 1. The maximum Gasteiger partial charge on any atom is 0.160 e. The van der Waals surface area contributed by atoms with Crippen molar-refractivity contribution >= 4 is 43.5 Å². The molecule has 0 radical (unpaired) electrons. The van der Waals surface area contributed by atoms with Crippen LogP contribution in [0.2, 0.25) is 0 Å². The molecule has 8 aromatic carbocycles. The van der Waals surface area contributed by atoms with Gasteiger partial charge in [0.1, 0.15) is 11.2 Å². The van der Waals surface area contributed by atoms with E-state index >= 15 is 0 Å². The molecule has 0 N–H and O–H groups in total. The molecule has 3 nitrogen and oxygen atoms in total. The van der Waals surface area contributed by atoms with E-state index in [0.29, 0.717) is 5.82 Å². The fraction of sp³-hybridized carbons (Fsp3) is 0.0588. The molecule has 254 valence electrons. The molecular weight excluding hydrogens is 657 g/mol. The van der Waals surface area contributed by atoms with E-state index in [1.165, 1.54) is 44.2 Å². The number of hydrogen-bond acceptors (Lipinski definition) is 3. The predicted octanol–water partition coefficient (Wildman–Crippen LogP) is 13.7. The Kier molecular flexibility index (Phi) is 6.60. The van der Waals surface area contributed by atoms with Crippen LogP contribution >= 0.6 is 0 Å². The van der Waals surface area contributed by atoms with E-state index in [1.54, 1.807) is 0 Å². The summed E-state index contributed by atoms with van der Waals surface area (Å²) in [6, 6.07) is 60.7. The zero-order valence-corrected chi connectivity index (χ0v) is 30.0. The van der Waals surface area contributed by atoms with Gasteiger partial charge in [0.2, 0.25) is 0 Å². The Balaban J connectivity index is 1.02. The standard InChI is InChI=1S/C51H34N2O/c1-51(2)43-17-10-16-39(49(43)42-26-34-13-6-7-14-35(34)28-44(42)51)31-19-21-32(22-20-31)45-30-46(53-50(52-45)33-11-4-3-5-12-33)37-24-23-36-29-48-41(27-38(36)25-37)40-15-8-9-18-47(40)54-48/h3-30H,1-2H3. The first kappa shape index (κ1) is 30.8. The Bertz CT molecular complexity index is 3120. The molecule has 0 fully saturated rings. The number of rotatable bonds is 4. The van der Waals surface area contributed by atoms with Crippen LogP contribution in [-0.4, -0.2) is 9.97 Å². The summed E-state index contributed by atoms with van der Waals surface area (Å²) in [5.41, 5.74) is 14.4. The average Bonchev–Trinajstić information content (AvgIpc) is 3.69. The molecule has 0 unspecified atom stereocenters. The van der Waals surface area contributed by atoms with Crippen LogP contribution in [0.3, 0.4) is 0 Å². The molecule has 2 aromatic heterocycles. The largest absolute Gasteiger partial charge is 0.456 e. The molecule has 0 spiro atoms. The van der Waals surface area contributed by atoms with Crippen LogP contribution < -0.4 is 0 Å². The summed E-state index contributed by atoms with van der Waals surface area (Å²) < 4.78 is 6.18. The van der Waals surface area contributed by atoms with Crippen molar-refractivity contribution in [3.8, 4) is 56.2 Å². The Hall–Kier alpha value is -6.84. The maximum absolute atomic E-state index is 6.18. The van der Waals surface area contributed by atoms with Gasteiger partial charge in [0, 0.05) is 32.9 Å². The van der Waals surface area contributed by atoms with Crippen LogP contribution in [0.1, 0.15) is 25.0 Å². The molecule has 1 aliphatic carbocycles. The molecule has 0 aliphatic heterocycles. The topological polar surface area (TPSA) is 38.9 Å². The van der Waals surface area contributed by atoms with E-state index in [-0.39, 0.29) is 5.41 Å². The molecule has 0 saturated carbocycles. The molecule has 0 saturated heterocycles. The first-order valence-corrected chi connectivity index (χ1v) is 18.6. The van der Waals surface area contributed by atoms with E-state index in [0.717, 1.165) is 60.8 Å². The van der Waals surface area contributed by atoms with Crippen LogP contribution in [0.5, 0.6) is 0 Å². The molecule has 0 bridgehead atoms. The smallest absolute Gasteiger partial charge is 0.160 e. The second kappa shape index (κ2) is 11.6. The summed E-state index contributed by atoms with van der Waals surface area (Å²) in [7, 11) is 0. The summed E-state index contributed by atoms with van der Waals surface area (Å²) >= 11 is 0. The highest BCUT2D eigenvalue weighted by atomic mass is 16.3. The SMILES string of the molecule is CC1(C)c2cc3ccccc3cc2-c2c(-c3ccc(-c4cc(-c5ccc6cc7oc8ccccc8c7cc6c5)nc(-c5ccccc5)n4)cc3)cccc21. The number of hydrogen-bond donors (Lipinski definition) is 0. The van der Waals surface area contributed by atoms with Crippen molar-refractivity contribution in [2.45, 2.75) is 19.3 Å². The van der Waals surface area contributed by atoms with Gasteiger partial charge in [-0.1, -0.05) is 141 Å². The van der Waals surface area contributed by atoms with Gasteiger partial charge in [0.05, 0.1) is 11.4 Å². The van der Waals surface area contributed by atoms with E-state index in [2.05, 4.69) is 153 Å². The third-order valence-corrected chi connectivity index (χ3v) is 11.4. The summed E-state index contributed by atoms with van der Waals surface area (Å²) in [6.07, 6.45) is 0. The fourth-order valence-electron chi connectivity index (χ4n) is 8.62. The molecule has 2 heterocycles. The van der Waals surface area contributed by atoms with Crippen molar-refractivity contribution in [3.63, 3.8) is 0 Å². The van der Waals surface area contributed by atoms with Crippen LogP contribution in [-0.2, 0) is 5.41 Å². The fourth-order valence-corrected chi connectivity index (χ4v) is 8.62. The van der Waals surface area contributed by atoms with Crippen LogP contribution in [0.25, 0.3) is 99.6 Å². The Morgan fingerprint density at radius 1 is 0.407 bits per heavy atom. The van der Waals surface area contributed by atoms with Gasteiger partial charge in [-0.2, -0.15) is 0 Å². The Labute approximate surface area is 313 Å². The van der Waals surface area contributed by atoms with Crippen LogP contribution in [0.15, 0.2) is 174 Å². The quantitative estimate of drug-likeness (QED) is 0.184. The summed E-state index contributed by atoms with van der Waals surface area (Å²) in [5.74, 6) is 0.704. The Morgan fingerprint density at radius 3 is 1.93 bits per heavy atom. The predicted molar refractivity (Wildman–Crippen MR) is 224 cm³/mol.